The van der Waals surface area contributed by atoms with Gasteiger partial charge >= 0.3 is 30.6 Å². The van der Waals surface area contributed by atoms with E-state index in [2.05, 4.69) is 9.97 Å². The first-order valence-corrected chi connectivity index (χ1v) is 16.8. The predicted molar refractivity (Wildman–Crippen MR) is 177 cm³/mol. The van der Waals surface area contributed by atoms with Gasteiger partial charge in [0.15, 0.2) is 12.4 Å². The number of halogens is 9. The van der Waals surface area contributed by atoms with E-state index in [1.807, 2.05) is 0 Å². The predicted octanol–water partition coefficient (Wildman–Crippen LogP) is 8.13. The van der Waals surface area contributed by atoms with Gasteiger partial charge in [-0.15, -0.1) is 0 Å². The smallest absolute Gasteiger partial charge is 0.416 e. The highest BCUT2D eigenvalue weighted by molar-refractivity contribution is 5.90. The minimum atomic E-state index is -5.21. The summed E-state index contributed by atoms with van der Waals surface area (Å²) < 4.78 is 136. The van der Waals surface area contributed by atoms with Gasteiger partial charge in [0.2, 0.25) is 5.95 Å². The zero-order valence-electron chi connectivity index (χ0n) is 29.6. The lowest BCUT2D eigenvalue weighted by molar-refractivity contribution is -0.143. The van der Waals surface area contributed by atoms with Crippen LogP contribution in [0.4, 0.5) is 55.9 Å². The summed E-state index contributed by atoms with van der Waals surface area (Å²) in [6.45, 7) is 3.42. The Bertz CT molecular complexity index is 1800. The molecule has 20 heteroatoms. The van der Waals surface area contributed by atoms with Crippen molar-refractivity contribution in [2.75, 3.05) is 36.1 Å². The van der Waals surface area contributed by atoms with Crippen LogP contribution in [0.15, 0.2) is 48.8 Å². The molecule has 0 spiro atoms. The lowest BCUT2D eigenvalue weighted by atomic mass is 9.87. The molecule has 1 N–H and O–H groups in total. The Morgan fingerprint density at radius 1 is 0.873 bits per heavy atom. The first-order chi connectivity index (χ1) is 25.7. The molecule has 2 atom stereocenters. The first-order valence-electron chi connectivity index (χ1n) is 16.8. The number of hydrogen-bond donors (Lipinski definition) is 1. The third-order valence-electron chi connectivity index (χ3n) is 8.71. The van der Waals surface area contributed by atoms with Crippen LogP contribution >= 0.6 is 0 Å². The van der Waals surface area contributed by atoms with Gasteiger partial charge in [-0.3, -0.25) is 14.5 Å². The van der Waals surface area contributed by atoms with E-state index in [-0.39, 0.29) is 68.0 Å². The number of carboxylic acids is 1. The monoisotopic (exact) mass is 793 g/mol. The van der Waals surface area contributed by atoms with Crippen molar-refractivity contribution in [3.63, 3.8) is 0 Å². The van der Waals surface area contributed by atoms with E-state index in [4.69, 9.17) is 14.6 Å². The number of ether oxygens (including phenoxy) is 2. The van der Waals surface area contributed by atoms with Crippen molar-refractivity contribution in [1.29, 1.82) is 0 Å². The number of aliphatic carboxylic acids is 1. The largest absolute Gasteiger partial charge is 0.481 e. The molecule has 55 heavy (non-hydrogen) atoms. The Labute approximate surface area is 308 Å². The van der Waals surface area contributed by atoms with E-state index in [9.17, 15) is 53.9 Å². The number of likely N-dealkylation sites (N-methyl/N-ethyl adjacent to an activating group) is 1. The zero-order valence-corrected chi connectivity index (χ0v) is 29.6. The fourth-order valence-corrected chi connectivity index (χ4v) is 6.07. The number of carboxylic acid groups (broad SMARTS) is 1. The molecule has 0 unspecified atom stereocenters. The number of amides is 2. The van der Waals surface area contributed by atoms with Crippen molar-refractivity contribution in [2.45, 2.75) is 77.2 Å². The van der Waals surface area contributed by atoms with E-state index in [0.29, 0.717) is 12.1 Å². The minimum absolute atomic E-state index is 0.0404. The van der Waals surface area contributed by atoms with E-state index in [1.54, 1.807) is 13.8 Å². The lowest BCUT2D eigenvalue weighted by Gasteiger charge is -2.44. The zero-order chi connectivity index (χ0) is 40.9. The SMILES string of the molecule is CCOC(=O)N1c2ccc(C(F)(F)F)cc2[C@@H](N(Cc2cc(C(F)(F)F)cc(C(F)(F)F)c2)c2ncc(OCC(=O)N(CC)CCC(=O)O)cn2)C[C@H]1CC. The fourth-order valence-electron chi connectivity index (χ4n) is 6.07. The number of aromatic nitrogens is 2. The number of rotatable bonds is 13. The summed E-state index contributed by atoms with van der Waals surface area (Å²) in [5.74, 6) is -2.19. The second kappa shape index (κ2) is 17.0. The molecule has 4 rings (SSSR count). The summed E-state index contributed by atoms with van der Waals surface area (Å²) in [5.41, 5.74) is -5.13. The second-order valence-electron chi connectivity index (χ2n) is 12.3. The molecule has 2 heterocycles. The summed E-state index contributed by atoms with van der Waals surface area (Å²) >= 11 is 0. The lowest BCUT2D eigenvalue weighted by Crippen LogP contribution is -2.48. The second-order valence-corrected chi connectivity index (χ2v) is 12.3. The highest BCUT2D eigenvalue weighted by Gasteiger charge is 2.42. The number of hydrogen-bond acceptors (Lipinski definition) is 8. The third kappa shape index (κ3) is 10.5. The van der Waals surface area contributed by atoms with Crippen molar-refractivity contribution in [3.8, 4) is 5.75 Å². The maximum absolute atomic E-state index is 14.1. The Morgan fingerprint density at radius 2 is 1.47 bits per heavy atom. The molecule has 3 aromatic rings. The van der Waals surface area contributed by atoms with Crippen LogP contribution in [-0.4, -0.2) is 70.3 Å². The van der Waals surface area contributed by atoms with Crippen molar-refractivity contribution >= 4 is 29.6 Å². The number of anilines is 2. The molecule has 2 aromatic carbocycles. The number of benzene rings is 2. The average molecular weight is 794 g/mol. The normalized spacial score (nSPS) is 16.0. The van der Waals surface area contributed by atoms with Crippen LogP contribution in [0, 0.1) is 0 Å². The molecule has 0 bridgehead atoms. The molecule has 0 radical (unpaired) electrons. The van der Waals surface area contributed by atoms with Crippen molar-refractivity contribution in [2.24, 2.45) is 0 Å². The Kier molecular flexibility index (Phi) is 13.1. The number of nitrogens with zero attached hydrogens (tertiary/aromatic N) is 5. The van der Waals surface area contributed by atoms with Gasteiger partial charge in [0, 0.05) is 25.7 Å². The topological polar surface area (TPSA) is 125 Å². The van der Waals surface area contributed by atoms with Crippen LogP contribution in [0.3, 0.4) is 0 Å². The van der Waals surface area contributed by atoms with E-state index in [1.165, 1.54) is 11.8 Å². The summed E-state index contributed by atoms with van der Waals surface area (Å²) in [7, 11) is 0. The van der Waals surface area contributed by atoms with Gasteiger partial charge < -0.3 is 24.4 Å². The summed E-state index contributed by atoms with van der Waals surface area (Å²) in [4.78, 5) is 48.6. The maximum Gasteiger partial charge on any atom is 0.416 e. The van der Waals surface area contributed by atoms with Crippen molar-refractivity contribution in [1.82, 2.24) is 14.9 Å². The number of alkyl halides is 9. The first kappa shape index (κ1) is 42.4. The molecule has 1 aromatic heterocycles. The highest BCUT2D eigenvalue weighted by Crippen LogP contribution is 2.46. The number of fused-ring (bicyclic) bond motifs is 1. The van der Waals surface area contributed by atoms with Gasteiger partial charge in [-0.05, 0) is 74.2 Å². The van der Waals surface area contributed by atoms with Crippen LogP contribution in [0.5, 0.6) is 5.75 Å². The molecular formula is C35H36F9N5O6. The fraction of sp³-hybridized carbons (Fsp3) is 0.457. The molecule has 0 aliphatic carbocycles. The Balaban J connectivity index is 1.85. The molecule has 11 nitrogen and oxygen atoms in total. The molecule has 300 valence electrons. The minimum Gasteiger partial charge on any atom is -0.481 e. The Morgan fingerprint density at radius 3 is 1.98 bits per heavy atom. The van der Waals surface area contributed by atoms with E-state index >= 15 is 0 Å². The van der Waals surface area contributed by atoms with Crippen LogP contribution in [0.1, 0.15) is 73.9 Å². The Hall–Kier alpha value is -5.30. The van der Waals surface area contributed by atoms with Crippen LogP contribution < -0.4 is 14.5 Å². The summed E-state index contributed by atoms with van der Waals surface area (Å²) in [6, 6.07) is 1.37. The van der Waals surface area contributed by atoms with E-state index in [0.717, 1.165) is 40.4 Å². The van der Waals surface area contributed by atoms with E-state index < -0.39 is 84.0 Å². The van der Waals surface area contributed by atoms with Crippen molar-refractivity contribution < 1.29 is 68.5 Å². The quantitative estimate of drug-likeness (QED) is 0.171. The molecule has 0 saturated heterocycles. The van der Waals surface area contributed by atoms with Crippen LogP contribution in [0.2, 0.25) is 0 Å². The highest BCUT2D eigenvalue weighted by atomic mass is 19.4. The molecule has 1 aliphatic heterocycles. The molecule has 2 amide bonds. The molecule has 1 aliphatic rings. The number of carbonyl (C=O) groups is 3. The van der Waals surface area contributed by atoms with Gasteiger partial charge in [0.25, 0.3) is 5.91 Å². The van der Waals surface area contributed by atoms with Gasteiger partial charge in [0.1, 0.15) is 0 Å². The molecule has 0 saturated carbocycles. The molecule has 0 fully saturated rings. The molecular weight excluding hydrogens is 757 g/mol. The summed E-state index contributed by atoms with van der Waals surface area (Å²) in [6.07, 6.45) is -14.4. The van der Waals surface area contributed by atoms with Gasteiger partial charge in [-0.2, -0.15) is 39.5 Å². The summed E-state index contributed by atoms with van der Waals surface area (Å²) in [5, 5.41) is 8.93. The number of carbonyl (C=O) groups excluding carboxylic acids is 2. The van der Waals surface area contributed by atoms with Crippen LogP contribution in [-0.2, 0) is 39.4 Å². The maximum atomic E-state index is 14.1. The van der Waals surface area contributed by atoms with Crippen molar-refractivity contribution in [3.05, 3.63) is 76.6 Å². The van der Waals surface area contributed by atoms with Crippen LogP contribution in [0.25, 0.3) is 0 Å². The standard InChI is InChI=1S/C35H36F9N5O6/c1-4-24-15-28(26-14-21(33(36,37)38)7-8-27(26)49(24)32(53)54-6-3)48(18-20-11-22(34(39,40)41)13-23(12-20)35(42,43)44)31-45-16-25(17-46-31)55-19-29(50)47(5-2)10-9-30(51)52/h7-8,11-14,16-17,24,28H,4-6,9-10,15,18-19H2,1-3H3,(H,51,52)/t24-,28+/m1/s1. The van der Waals surface area contributed by atoms with Gasteiger partial charge in [0.05, 0.1) is 53.8 Å². The average Bonchev–Trinajstić information content (AvgIpc) is 3.11. The van der Waals surface area contributed by atoms with Gasteiger partial charge in [-0.25, -0.2) is 14.8 Å². The van der Waals surface area contributed by atoms with Gasteiger partial charge in [-0.1, -0.05) is 6.92 Å². The third-order valence-corrected chi connectivity index (χ3v) is 8.71.